The SMILES string of the molecule is c1ccc(-n2c3cccc4ccc5c(N(c6ccc(-c7ccc([Si](c8ccccc8)(c8ccccc8)c8ccccc8)cc7)cc6)c6cccc7ccccc67)ccc2c5c43)cc1. The van der Waals surface area contributed by atoms with Crippen LogP contribution in [-0.2, 0) is 0 Å². The summed E-state index contributed by atoms with van der Waals surface area (Å²) in [6.45, 7) is 0. The van der Waals surface area contributed by atoms with Crippen LogP contribution in [-0.4, -0.2) is 12.6 Å². The Labute approximate surface area is 368 Å². The van der Waals surface area contributed by atoms with Gasteiger partial charge in [-0.25, -0.2) is 0 Å². The summed E-state index contributed by atoms with van der Waals surface area (Å²) in [6, 6.07) is 94.1. The summed E-state index contributed by atoms with van der Waals surface area (Å²) in [5.74, 6) is 0. The van der Waals surface area contributed by atoms with E-state index in [-0.39, 0.29) is 0 Å². The zero-order valence-corrected chi connectivity index (χ0v) is 35.6. The molecular weight excluding hydrogens is 777 g/mol. The van der Waals surface area contributed by atoms with Gasteiger partial charge in [-0.2, -0.15) is 0 Å². The van der Waals surface area contributed by atoms with E-state index in [1.54, 1.807) is 0 Å². The predicted octanol–water partition coefficient (Wildman–Crippen LogP) is 13.0. The van der Waals surface area contributed by atoms with Crippen LogP contribution in [0.5, 0.6) is 0 Å². The number of fused-ring (bicyclic) bond motifs is 1. The monoisotopic (exact) mass is 818 g/mol. The maximum absolute atomic E-state index is 2.62. The van der Waals surface area contributed by atoms with Crippen molar-refractivity contribution in [1.82, 2.24) is 4.57 Å². The van der Waals surface area contributed by atoms with E-state index < -0.39 is 8.07 Å². The zero-order chi connectivity index (χ0) is 41.7. The molecule has 1 aromatic heterocycles. The van der Waals surface area contributed by atoms with E-state index in [0.717, 1.165) is 22.7 Å². The van der Waals surface area contributed by atoms with Gasteiger partial charge < -0.3 is 9.47 Å². The number of anilines is 3. The Hall–Kier alpha value is -7.98. The molecule has 0 fully saturated rings. The topological polar surface area (TPSA) is 8.17 Å². The van der Waals surface area contributed by atoms with Crippen molar-refractivity contribution in [2.75, 3.05) is 4.90 Å². The molecule has 0 aliphatic rings. The molecule has 0 unspecified atom stereocenters. The molecule has 0 aliphatic carbocycles. The maximum atomic E-state index is 2.47. The van der Waals surface area contributed by atoms with E-state index in [1.165, 1.54) is 75.2 Å². The number of hydrogen-bond acceptors (Lipinski definition) is 1. The Kier molecular flexibility index (Phi) is 8.87. The molecule has 0 saturated carbocycles. The standard InChI is InChI=1S/C60H42N2Si/c1-5-20-47(21-6-1)62-57-30-16-19-46-35-40-54-56(41-42-58(62)60(54)59(46)57)61(55-29-15-18-45-17-13-14-28-53(45)55)48-36-31-43(32-37-48)44-33-38-52(39-34-44)63(49-22-7-2-8-23-49,50-24-9-3-10-25-50)51-26-11-4-12-27-51/h1-42H. The van der Waals surface area contributed by atoms with Crippen LogP contribution in [0.1, 0.15) is 0 Å². The lowest BCUT2D eigenvalue weighted by Crippen LogP contribution is -2.74. The van der Waals surface area contributed by atoms with Crippen LogP contribution < -0.4 is 25.6 Å². The summed E-state index contributed by atoms with van der Waals surface area (Å²) in [5, 5.41) is 13.0. The highest BCUT2D eigenvalue weighted by Crippen LogP contribution is 2.47. The third-order valence-corrected chi connectivity index (χ3v) is 17.9. The van der Waals surface area contributed by atoms with Gasteiger partial charge in [0.05, 0.1) is 22.4 Å². The summed E-state index contributed by atoms with van der Waals surface area (Å²) in [4.78, 5) is 2.47. The summed E-state index contributed by atoms with van der Waals surface area (Å²) >= 11 is 0. The Morgan fingerprint density at radius 3 is 1.44 bits per heavy atom. The van der Waals surface area contributed by atoms with Crippen LogP contribution in [0.25, 0.3) is 60.2 Å². The maximum Gasteiger partial charge on any atom is 0.179 e. The molecule has 0 saturated heterocycles. The van der Waals surface area contributed by atoms with Gasteiger partial charge in [-0.05, 0) is 91.2 Å². The molecule has 0 N–H and O–H groups in total. The van der Waals surface area contributed by atoms with Crippen LogP contribution in [0.15, 0.2) is 255 Å². The summed E-state index contributed by atoms with van der Waals surface area (Å²) in [6.07, 6.45) is 0. The molecule has 3 heteroatoms. The van der Waals surface area contributed by atoms with Gasteiger partial charge in [0.15, 0.2) is 8.07 Å². The molecule has 0 aliphatic heterocycles. The molecule has 11 aromatic carbocycles. The van der Waals surface area contributed by atoms with E-state index in [1.807, 2.05) is 0 Å². The molecule has 0 bridgehead atoms. The fourth-order valence-corrected chi connectivity index (χ4v) is 15.1. The number of rotatable bonds is 9. The lowest BCUT2D eigenvalue weighted by atomic mass is 9.99. The fraction of sp³-hybridized carbons (Fsp3) is 0. The van der Waals surface area contributed by atoms with Gasteiger partial charge in [0, 0.05) is 32.9 Å². The summed E-state index contributed by atoms with van der Waals surface area (Å²) in [5.41, 5.74) is 9.38. The third-order valence-electron chi connectivity index (χ3n) is 13.1. The van der Waals surface area contributed by atoms with E-state index >= 15 is 0 Å². The van der Waals surface area contributed by atoms with Crippen molar-refractivity contribution >= 4 is 89.2 Å². The molecule has 0 atom stereocenters. The minimum atomic E-state index is -2.62. The average Bonchev–Trinajstić information content (AvgIpc) is 3.71. The number of aromatic nitrogens is 1. The number of benzene rings is 11. The summed E-state index contributed by atoms with van der Waals surface area (Å²) in [7, 11) is -2.62. The highest BCUT2D eigenvalue weighted by atomic mass is 28.3. The van der Waals surface area contributed by atoms with Crippen molar-refractivity contribution in [1.29, 1.82) is 0 Å². The first-order chi connectivity index (χ1) is 31.3. The highest BCUT2D eigenvalue weighted by molar-refractivity contribution is 7.19. The van der Waals surface area contributed by atoms with Crippen molar-refractivity contribution < 1.29 is 0 Å². The number of nitrogens with zero attached hydrogens (tertiary/aromatic N) is 2. The molecular formula is C60H42N2Si. The first-order valence-corrected chi connectivity index (χ1v) is 23.8. The van der Waals surface area contributed by atoms with E-state index in [9.17, 15) is 0 Å². The smallest absolute Gasteiger partial charge is 0.179 e. The number of para-hydroxylation sites is 1. The minimum absolute atomic E-state index is 1.11. The molecule has 296 valence electrons. The van der Waals surface area contributed by atoms with E-state index in [2.05, 4.69) is 264 Å². The van der Waals surface area contributed by atoms with Crippen molar-refractivity contribution in [3.8, 4) is 16.8 Å². The van der Waals surface area contributed by atoms with Gasteiger partial charge in [-0.1, -0.05) is 206 Å². The minimum Gasteiger partial charge on any atom is -0.309 e. The fourth-order valence-electron chi connectivity index (χ4n) is 10.3. The molecule has 63 heavy (non-hydrogen) atoms. The van der Waals surface area contributed by atoms with E-state index in [4.69, 9.17) is 0 Å². The molecule has 0 radical (unpaired) electrons. The molecule has 0 spiro atoms. The second-order valence-corrected chi connectivity index (χ2v) is 20.3. The summed E-state index contributed by atoms with van der Waals surface area (Å²) < 4.78 is 2.42. The van der Waals surface area contributed by atoms with Crippen molar-refractivity contribution in [3.63, 3.8) is 0 Å². The van der Waals surface area contributed by atoms with Crippen LogP contribution in [0.2, 0.25) is 0 Å². The second kappa shape index (κ2) is 15.2. The van der Waals surface area contributed by atoms with Crippen LogP contribution in [0.3, 0.4) is 0 Å². The average molecular weight is 819 g/mol. The van der Waals surface area contributed by atoms with Gasteiger partial charge in [-0.3, -0.25) is 0 Å². The Balaban J connectivity index is 1.00. The van der Waals surface area contributed by atoms with Crippen LogP contribution in [0, 0.1) is 0 Å². The number of hydrogen-bond donors (Lipinski definition) is 0. The Morgan fingerprint density at radius 2 is 0.794 bits per heavy atom. The predicted molar refractivity (Wildman–Crippen MR) is 271 cm³/mol. The quantitative estimate of drug-likeness (QED) is 0.0800. The van der Waals surface area contributed by atoms with Gasteiger partial charge in [0.25, 0.3) is 0 Å². The van der Waals surface area contributed by atoms with Gasteiger partial charge >= 0.3 is 0 Å². The first kappa shape index (κ1) is 36.8. The molecule has 1 heterocycles. The van der Waals surface area contributed by atoms with Crippen molar-refractivity contribution in [2.24, 2.45) is 0 Å². The lowest BCUT2D eigenvalue weighted by Gasteiger charge is -2.34. The third kappa shape index (κ3) is 5.93. The largest absolute Gasteiger partial charge is 0.309 e. The normalized spacial score (nSPS) is 11.8. The van der Waals surface area contributed by atoms with Crippen LogP contribution >= 0.6 is 0 Å². The van der Waals surface area contributed by atoms with Gasteiger partial charge in [-0.15, -0.1) is 0 Å². The highest BCUT2D eigenvalue weighted by Gasteiger charge is 2.41. The molecule has 0 amide bonds. The lowest BCUT2D eigenvalue weighted by molar-refractivity contribution is 1.18. The van der Waals surface area contributed by atoms with Crippen LogP contribution in [0.4, 0.5) is 17.1 Å². The van der Waals surface area contributed by atoms with Gasteiger partial charge in [0.1, 0.15) is 0 Å². The molecule has 12 rings (SSSR count). The second-order valence-electron chi connectivity index (χ2n) is 16.4. The van der Waals surface area contributed by atoms with E-state index in [0.29, 0.717) is 0 Å². The van der Waals surface area contributed by atoms with Gasteiger partial charge in [0.2, 0.25) is 0 Å². The van der Waals surface area contributed by atoms with Crippen molar-refractivity contribution in [2.45, 2.75) is 0 Å². The molecule has 12 aromatic rings. The Bertz CT molecular complexity index is 3430. The zero-order valence-electron chi connectivity index (χ0n) is 34.6. The molecule has 2 nitrogen and oxygen atoms in total. The van der Waals surface area contributed by atoms with Crippen molar-refractivity contribution in [3.05, 3.63) is 255 Å². The first-order valence-electron chi connectivity index (χ1n) is 21.8. The Morgan fingerprint density at radius 1 is 0.302 bits per heavy atom.